The van der Waals surface area contributed by atoms with E-state index in [9.17, 15) is 13.2 Å². The molecule has 1 fully saturated rings. The summed E-state index contributed by atoms with van der Waals surface area (Å²) in [6.07, 6.45) is 5.11. The first-order chi connectivity index (χ1) is 13.9. The molecule has 3 atom stereocenters. The summed E-state index contributed by atoms with van der Waals surface area (Å²) in [4.78, 5) is 13.3. The zero-order valence-electron chi connectivity index (χ0n) is 17.6. The van der Waals surface area contributed by atoms with E-state index in [-0.39, 0.29) is 29.0 Å². The minimum absolute atomic E-state index is 0.00224. The van der Waals surface area contributed by atoms with Gasteiger partial charge in [-0.2, -0.15) is 0 Å². The van der Waals surface area contributed by atoms with Gasteiger partial charge in [0.05, 0.1) is 10.5 Å². The molecule has 0 radical (unpaired) electrons. The van der Waals surface area contributed by atoms with E-state index < -0.39 is 10.0 Å². The highest BCUT2D eigenvalue weighted by Crippen LogP contribution is 2.35. The van der Waals surface area contributed by atoms with E-state index in [1.165, 1.54) is 6.07 Å². The highest BCUT2D eigenvalue weighted by Gasteiger charge is 2.31. The number of fused-ring (bicyclic) bond motifs is 1. The molecule has 1 aromatic carbocycles. The summed E-state index contributed by atoms with van der Waals surface area (Å²) in [5.41, 5.74) is 1.08. The quantitative estimate of drug-likeness (QED) is 0.530. The lowest BCUT2D eigenvalue weighted by atomic mass is 10.0. The summed E-state index contributed by atoms with van der Waals surface area (Å²) < 4.78 is 34.0. The van der Waals surface area contributed by atoms with Crippen LogP contribution in [0.3, 0.4) is 0 Å². The molecule has 1 saturated heterocycles. The monoisotopic (exact) mass is 423 g/mol. The molecular weight excluding hydrogens is 390 g/mol. The average Bonchev–Trinajstić information content (AvgIpc) is 3.33. The first kappa shape index (κ1) is 22.1. The minimum atomic E-state index is -3.68. The van der Waals surface area contributed by atoms with Gasteiger partial charge in [0.2, 0.25) is 10.0 Å². The van der Waals surface area contributed by atoms with Crippen LogP contribution >= 0.6 is 0 Å². The third-order valence-corrected chi connectivity index (χ3v) is 7.12. The fourth-order valence-electron chi connectivity index (χ4n) is 4.08. The molecule has 3 N–H and O–H groups in total. The molecule has 3 unspecified atom stereocenters. The second-order valence-electron chi connectivity index (χ2n) is 8.03. The third-order valence-electron chi connectivity index (χ3n) is 5.68. The van der Waals surface area contributed by atoms with Crippen molar-refractivity contribution in [1.29, 1.82) is 0 Å². The molecule has 2 aliphatic heterocycles. The highest BCUT2D eigenvalue weighted by molar-refractivity contribution is 7.89. The summed E-state index contributed by atoms with van der Waals surface area (Å²) in [5, 5.41) is 6.54. The van der Waals surface area contributed by atoms with Crippen LogP contribution in [0.1, 0.15) is 68.8 Å². The van der Waals surface area contributed by atoms with Crippen molar-refractivity contribution in [2.45, 2.75) is 82.4 Å². The molecule has 8 heteroatoms. The molecule has 1 amide bonds. The number of nitrogens with one attached hydrogen (secondary N) is 3. The van der Waals surface area contributed by atoms with E-state index in [4.69, 9.17) is 4.74 Å². The van der Waals surface area contributed by atoms with E-state index in [1.54, 1.807) is 6.07 Å². The molecular formula is C21H33N3O4S. The summed E-state index contributed by atoms with van der Waals surface area (Å²) in [6, 6.07) is 3.34. The Labute approximate surface area is 174 Å². The Balaban J connectivity index is 1.88. The number of ether oxygens (including phenoxy) is 1. The van der Waals surface area contributed by atoms with Crippen LogP contribution < -0.4 is 20.1 Å². The zero-order chi connectivity index (χ0) is 21.0. The zero-order valence-corrected chi connectivity index (χ0v) is 18.4. The predicted octanol–water partition coefficient (Wildman–Crippen LogP) is 2.35. The fraction of sp³-hybridized carbons (Fsp3) is 0.667. The fourth-order valence-corrected chi connectivity index (χ4v) is 5.23. The maximum atomic E-state index is 13.1. The molecule has 0 bridgehead atoms. The van der Waals surface area contributed by atoms with Crippen molar-refractivity contribution in [3.63, 3.8) is 0 Å². The summed E-state index contributed by atoms with van der Waals surface area (Å²) >= 11 is 0. The van der Waals surface area contributed by atoms with Crippen LogP contribution in [-0.2, 0) is 16.4 Å². The number of hydrogen-bond acceptors (Lipinski definition) is 5. The van der Waals surface area contributed by atoms with E-state index >= 15 is 0 Å². The van der Waals surface area contributed by atoms with Crippen LogP contribution in [0.25, 0.3) is 0 Å². The standard InChI is InChI=1S/C21H33N3O4S/c1-4-6-10-23-29(26,27)16-12-15-11-14(3)28-20(15)17(13-16)21(25)24-18(5-2)19-8-7-9-22-19/h12-14,18-19,22-23H,4-11H2,1-3H3,(H,24,25). The van der Waals surface area contributed by atoms with Gasteiger partial charge in [-0.15, -0.1) is 0 Å². The Morgan fingerprint density at radius 3 is 2.79 bits per heavy atom. The SMILES string of the molecule is CCCCNS(=O)(=O)c1cc2c(c(C(=O)NC(CC)C3CCCN3)c1)OC(C)C2. The van der Waals surface area contributed by atoms with Crippen molar-refractivity contribution in [3.8, 4) is 5.75 Å². The number of carbonyl (C=O) groups is 1. The van der Waals surface area contributed by atoms with Crippen LogP contribution in [0.15, 0.2) is 17.0 Å². The molecule has 0 saturated carbocycles. The number of hydrogen-bond donors (Lipinski definition) is 3. The Bertz CT molecular complexity index is 835. The highest BCUT2D eigenvalue weighted by atomic mass is 32.2. The van der Waals surface area contributed by atoms with Crippen molar-refractivity contribution >= 4 is 15.9 Å². The molecule has 0 aromatic heterocycles. The Morgan fingerprint density at radius 1 is 1.34 bits per heavy atom. The van der Waals surface area contributed by atoms with Gasteiger partial charge >= 0.3 is 0 Å². The maximum absolute atomic E-state index is 13.1. The van der Waals surface area contributed by atoms with Crippen molar-refractivity contribution in [1.82, 2.24) is 15.4 Å². The largest absolute Gasteiger partial charge is 0.489 e. The average molecular weight is 424 g/mol. The molecule has 2 aliphatic rings. The third kappa shape index (κ3) is 5.10. The Hall–Kier alpha value is -1.64. The van der Waals surface area contributed by atoms with Crippen LogP contribution in [-0.4, -0.2) is 45.6 Å². The van der Waals surface area contributed by atoms with Crippen molar-refractivity contribution in [3.05, 3.63) is 23.3 Å². The van der Waals surface area contributed by atoms with E-state index in [0.29, 0.717) is 24.3 Å². The summed E-state index contributed by atoms with van der Waals surface area (Å²) in [5.74, 6) is 0.234. The van der Waals surface area contributed by atoms with Gasteiger partial charge in [-0.1, -0.05) is 20.3 Å². The van der Waals surface area contributed by atoms with Gasteiger partial charge in [-0.05, 0) is 56.8 Å². The molecule has 29 heavy (non-hydrogen) atoms. The van der Waals surface area contributed by atoms with Gasteiger partial charge in [-0.25, -0.2) is 13.1 Å². The second kappa shape index (κ2) is 9.45. The van der Waals surface area contributed by atoms with Crippen molar-refractivity contribution in [2.75, 3.05) is 13.1 Å². The Kier molecular flexibility index (Phi) is 7.19. The van der Waals surface area contributed by atoms with Gasteiger partial charge in [-0.3, -0.25) is 4.79 Å². The van der Waals surface area contributed by atoms with Gasteiger partial charge in [0.1, 0.15) is 11.9 Å². The van der Waals surface area contributed by atoms with Gasteiger partial charge in [0, 0.05) is 25.0 Å². The summed E-state index contributed by atoms with van der Waals surface area (Å²) in [7, 11) is -3.68. The van der Waals surface area contributed by atoms with Crippen LogP contribution in [0, 0.1) is 0 Å². The van der Waals surface area contributed by atoms with Crippen LogP contribution in [0.5, 0.6) is 5.75 Å². The lowest BCUT2D eigenvalue weighted by Gasteiger charge is -2.24. The van der Waals surface area contributed by atoms with Crippen LogP contribution in [0.2, 0.25) is 0 Å². The predicted molar refractivity (Wildman–Crippen MR) is 113 cm³/mol. The summed E-state index contributed by atoms with van der Waals surface area (Å²) in [6.45, 7) is 7.33. The van der Waals surface area contributed by atoms with Gasteiger partial charge in [0.25, 0.3) is 5.91 Å². The Morgan fingerprint density at radius 2 is 2.14 bits per heavy atom. The number of carbonyl (C=O) groups excluding carboxylic acids is 1. The molecule has 0 spiro atoms. The van der Waals surface area contributed by atoms with E-state index in [2.05, 4.69) is 15.4 Å². The molecule has 1 aromatic rings. The smallest absolute Gasteiger partial charge is 0.255 e. The number of unbranched alkanes of at least 4 members (excludes halogenated alkanes) is 1. The van der Waals surface area contributed by atoms with Crippen molar-refractivity contribution < 1.29 is 17.9 Å². The van der Waals surface area contributed by atoms with E-state index in [1.807, 2.05) is 20.8 Å². The lowest BCUT2D eigenvalue weighted by Crippen LogP contribution is -2.47. The minimum Gasteiger partial charge on any atom is -0.489 e. The number of sulfonamides is 1. The topological polar surface area (TPSA) is 96.5 Å². The van der Waals surface area contributed by atoms with Gasteiger partial charge in [0.15, 0.2) is 0 Å². The molecule has 7 nitrogen and oxygen atoms in total. The van der Waals surface area contributed by atoms with Gasteiger partial charge < -0.3 is 15.4 Å². The number of rotatable bonds is 9. The maximum Gasteiger partial charge on any atom is 0.255 e. The first-order valence-corrected chi connectivity index (χ1v) is 12.2. The molecule has 0 aliphatic carbocycles. The number of benzene rings is 1. The molecule has 3 rings (SSSR count). The lowest BCUT2D eigenvalue weighted by molar-refractivity contribution is 0.0922. The van der Waals surface area contributed by atoms with Crippen molar-refractivity contribution in [2.24, 2.45) is 0 Å². The van der Waals surface area contributed by atoms with Crippen LogP contribution in [0.4, 0.5) is 0 Å². The second-order valence-corrected chi connectivity index (χ2v) is 9.80. The first-order valence-electron chi connectivity index (χ1n) is 10.7. The normalized spacial score (nSPS) is 22.2. The molecule has 2 heterocycles. The molecule has 162 valence electrons. The number of amides is 1. The van der Waals surface area contributed by atoms with E-state index in [0.717, 1.165) is 44.2 Å².